The Bertz CT molecular complexity index is 1040. The van der Waals surface area contributed by atoms with Crippen LogP contribution in [0, 0.1) is 0 Å². The number of thioether (sulfide) groups is 1. The molecule has 1 aromatic carbocycles. The van der Waals surface area contributed by atoms with Gasteiger partial charge in [0.25, 0.3) is 0 Å². The van der Waals surface area contributed by atoms with Crippen molar-refractivity contribution >= 4 is 23.4 Å². The number of rotatable bonds is 5. The van der Waals surface area contributed by atoms with Crippen molar-refractivity contribution in [2.45, 2.75) is 24.3 Å². The summed E-state index contributed by atoms with van der Waals surface area (Å²) < 4.78 is 1.82. The number of para-hydroxylation sites is 1. The average molecular weight is 469 g/mol. The molecule has 5 rings (SSSR count). The maximum atomic E-state index is 13.0. The Morgan fingerprint density at radius 1 is 0.970 bits per heavy atom. The summed E-state index contributed by atoms with van der Waals surface area (Å²) in [5.74, 6) is 0.465. The highest BCUT2D eigenvalue weighted by Crippen LogP contribution is 2.29. The molecule has 0 spiro atoms. The number of carbonyl (C=O) groups is 1. The Kier molecular flexibility index (Phi) is 6.59. The average Bonchev–Trinajstić information content (AvgIpc) is 3.34. The smallest absolute Gasteiger partial charge is 0.367 e. The number of hydrogen-bond acceptors (Lipinski definition) is 7. The summed E-state index contributed by atoms with van der Waals surface area (Å²) in [6.07, 6.45) is 2.88. The highest BCUT2D eigenvalue weighted by Gasteiger charge is 2.27. The molecule has 1 aromatic heterocycles. The molecule has 0 radical (unpaired) electrons. The maximum absolute atomic E-state index is 13.0. The number of fused-ring (bicyclic) bond motifs is 1. The number of likely N-dealkylation sites (N-methyl/N-ethyl adjacent to an activating group) is 1. The number of benzene rings is 1. The second-order valence-electron chi connectivity index (χ2n) is 9.04. The zero-order chi connectivity index (χ0) is 22.8. The van der Waals surface area contributed by atoms with Crippen LogP contribution in [0.15, 0.2) is 40.2 Å². The molecule has 2 fully saturated rings. The minimum Gasteiger partial charge on any atom is -0.368 e. The zero-order valence-corrected chi connectivity index (χ0v) is 20.1. The summed E-state index contributed by atoms with van der Waals surface area (Å²) in [4.78, 5) is 36.9. The Morgan fingerprint density at radius 3 is 2.42 bits per heavy atom. The van der Waals surface area contributed by atoms with Crippen molar-refractivity contribution in [2.24, 2.45) is 0 Å². The maximum Gasteiger partial charge on any atom is 0.367 e. The Labute approximate surface area is 199 Å². The Balaban J connectivity index is 1.22. The molecule has 33 heavy (non-hydrogen) atoms. The number of aromatic nitrogens is 2. The lowest BCUT2D eigenvalue weighted by atomic mass is 10.2. The quantitative estimate of drug-likeness (QED) is 0.480. The van der Waals surface area contributed by atoms with Crippen molar-refractivity contribution in [1.29, 1.82) is 0 Å². The van der Waals surface area contributed by atoms with Gasteiger partial charge in [0, 0.05) is 63.6 Å². The van der Waals surface area contributed by atoms with Gasteiger partial charge < -0.3 is 19.7 Å². The summed E-state index contributed by atoms with van der Waals surface area (Å²) in [6, 6.07) is 10.3. The van der Waals surface area contributed by atoms with E-state index in [0.717, 1.165) is 82.3 Å². The van der Waals surface area contributed by atoms with Crippen molar-refractivity contribution in [1.82, 2.24) is 19.5 Å². The lowest BCUT2D eigenvalue weighted by molar-refractivity contribution is -0.128. The lowest BCUT2D eigenvalue weighted by Crippen LogP contribution is -2.54. The summed E-state index contributed by atoms with van der Waals surface area (Å²) in [6.45, 7) is 6.71. The van der Waals surface area contributed by atoms with E-state index in [1.165, 1.54) is 23.0 Å². The van der Waals surface area contributed by atoms with E-state index in [2.05, 4.69) is 39.0 Å². The van der Waals surface area contributed by atoms with E-state index >= 15 is 0 Å². The van der Waals surface area contributed by atoms with Crippen molar-refractivity contribution in [2.75, 3.05) is 75.1 Å². The Morgan fingerprint density at radius 2 is 1.70 bits per heavy atom. The van der Waals surface area contributed by atoms with Crippen molar-refractivity contribution in [3.63, 3.8) is 0 Å². The summed E-state index contributed by atoms with van der Waals surface area (Å²) >= 11 is 1.44. The number of nitrogens with zero attached hydrogens (tertiary/aromatic N) is 6. The van der Waals surface area contributed by atoms with Crippen molar-refractivity contribution < 1.29 is 4.79 Å². The van der Waals surface area contributed by atoms with Gasteiger partial charge in [-0.3, -0.25) is 4.79 Å². The molecule has 0 bridgehead atoms. The van der Waals surface area contributed by atoms with Crippen LogP contribution in [0.3, 0.4) is 0 Å². The second-order valence-corrected chi connectivity index (χ2v) is 10.0. The van der Waals surface area contributed by atoms with Crippen molar-refractivity contribution in [3.05, 3.63) is 52.1 Å². The first kappa shape index (κ1) is 22.3. The topological polar surface area (TPSA) is 64.9 Å². The van der Waals surface area contributed by atoms with Gasteiger partial charge >= 0.3 is 5.69 Å². The fourth-order valence-corrected chi connectivity index (χ4v) is 5.97. The Hall–Kier alpha value is -2.52. The molecule has 8 nitrogen and oxygen atoms in total. The minimum atomic E-state index is -0.202. The number of anilines is 1. The van der Waals surface area contributed by atoms with E-state index < -0.39 is 0 Å². The molecule has 176 valence electrons. The first-order valence-corrected chi connectivity index (χ1v) is 12.9. The first-order valence-electron chi connectivity index (χ1n) is 11.9. The van der Waals surface area contributed by atoms with Gasteiger partial charge in [-0.15, -0.1) is 0 Å². The lowest BCUT2D eigenvalue weighted by Gasteiger charge is -2.36. The van der Waals surface area contributed by atoms with Gasteiger partial charge in [0.2, 0.25) is 5.91 Å². The predicted molar refractivity (Wildman–Crippen MR) is 132 cm³/mol. The molecule has 2 aliphatic heterocycles. The van der Waals surface area contributed by atoms with Gasteiger partial charge in [0.1, 0.15) is 5.03 Å². The van der Waals surface area contributed by atoms with Gasteiger partial charge in [0.05, 0.1) is 11.4 Å². The van der Waals surface area contributed by atoms with Crippen LogP contribution in [0.25, 0.3) is 0 Å². The molecule has 9 heteroatoms. The van der Waals surface area contributed by atoms with Crippen molar-refractivity contribution in [3.8, 4) is 0 Å². The highest BCUT2D eigenvalue weighted by atomic mass is 32.2. The molecule has 2 saturated heterocycles. The second kappa shape index (κ2) is 9.77. The normalized spacial score (nSPS) is 19.1. The summed E-state index contributed by atoms with van der Waals surface area (Å²) in [7, 11) is 2.11. The summed E-state index contributed by atoms with van der Waals surface area (Å²) in [5, 5.41) is 2.90. The number of amides is 1. The van der Waals surface area contributed by atoms with Crippen LogP contribution in [0.2, 0.25) is 0 Å². The molecule has 1 amide bonds. The predicted octanol–water partition coefficient (Wildman–Crippen LogP) is 1.06. The third-order valence-corrected chi connectivity index (χ3v) is 7.93. The molecule has 2 aromatic rings. The van der Waals surface area contributed by atoms with Gasteiger partial charge in [0.15, 0.2) is 0 Å². The van der Waals surface area contributed by atoms with Gasteiger partial charge in [-0.1, -0.05) is 30.0 Å². The van der Waals surface area contributed by atoms with Crippen LogP contribution in [0.1, 0.15) is 17.7 Å². The highest BCUT2D eigenvalue weighted by molar-refractivity contribution is 7.99. The van der Waals surface area contributed by atoms with Crippen LogP contribution >= 0.6 is 11.8 Å². The van der Waals surface area contributed by atoms with Gasteiger partial charge in [-0.25, -0.2) is 9.47 Å². The van der Waals surface area contributed by atoms with Gasteiger partial charge in [-0.05, 0) is 38.4 Å². The standard InChI is InChI=1S/C24H32N6O2S/c1-26-10-16-29(17-11-26)30-21-9-5-8-20(21)23(25-24(30)32)33-18-22(31)28-14-12-27(13-15-28)19-6-3-2-4-7-19/h2-4,6-7H,5,8-18H2,1H3. The van der Waals surface area contributed by atoms with Crippen LogP contribution in [-0.2, 0) is 17.6 Å². The number of piperazine rings is 2. The van der Waals surface area contributed by atoms with E-state index in [-0.39, 0.29) is 11.6 Å². The summed E-state index contributed by atoms with van der Waals surface area (Å²) in [5.41, 5.74) is 3.28. The molecule has 3 aliphatic rings. The monoisotopic (exact) mass is 468 g/mol. The fourth-order valence-electron chi connectivity index (χ4n) is 4.99. The van der Waals surface area contributed by atoms with Crippen LogP contribution in [-0.4, -0.2) is 90.5 Å². The fraction of sp³-hybridized carbons (Fsp3) is 0.542. The minimum absolute atomic E-state index is 0.129. The van der Waals surface area contributed by atoms with E-state index in [0.29, 0.717) is 5.75 Å². The molecule has 0 unspecified atom stereocenters. The zero-order valence-electron chi connectivity index (χ0n) is 19.3. The first-order chi connectivity index (χ1) is 16.1. The molecule has 0 N–H and O–H groups in total. The third-order valence-electron chi connectivity index (χ3n) is 6.93. The molecule has 0 atom stereocenters. The largest absolute Gasteiger partial charge is 0.368 e. The van der Waals surface area contributed by atoms with E-state index in [1.54, 1.807) is 0 Å². The van der Waals surface area contributed by atoms with Gasteiger partial charge in [-0.2, -0.15) is 4.98 Å². The molecule has 1 aliphatic carbocycles. The third kappa shape index (κ3) is 4.75. The number of hydrogen-bond donors (Lipinski definition) is 0. The SMILES string of the molecule is CN1CCN(n2c3c(c(SCC(=O)N4CCN(c5ccccc5)CC4)nc2=O)CCC3)CC1. The van der Waals surface area contributed by atoms with E-state index in [1.807, 2.05) is 27.8 Å². The number of carbonyl (C=O) groups excluding carboxylic acids is 1. The molecule has 3 heterocycles. The van der Waals surface area contributed by atoms with E-state index in [9.17, 15) is 9.59 Å². The molecule has 0 saturated carbocycles. The molecular weight excluding hydrogens is 436 g/mol. The van der Waals surface area contributed by atoms with Crippen LogP contribution in [0.5, 0.6) is 0 Å². The van der Waals surface area contributed by atoms with Crippen LogP contribution in [0.4, 0.5) is 5.69 Å². The van der Waals surface area contributed by atoms with Crippen LogP contribution < -0.4 is 15.6 Å². The molecular formula is C24H32N6O2S. The van der Waals surface area contributed by atoms with E-state index in [4.69, 9.17) is 0 Å².